The van der Waals surface area contributed by atoms with Gasteiger partial charge >= 0.3 is 0 Å². The molecule has 1 amide bonds. The lowest BCUT2D eigenvalue weighted by Crippen LogP contribution is -2.44. The van der Waals surface area contributed by atoms with Crippen molar-refractivity contribution < 1.29 is 23.9 Å². The standard InChI is InChI=1S/C19H20ClN3O6/c1-27-17-8-13(15(23(25)26)9-18(17)28-2)19(24)22-7-3-4-12(11-22)29-16-5-6-21-10-14(16)20/h5-6,8-10,12H,3-4,7,11H2,1-2H3. The molecule has 10 heteroatoms. The summed E-state index contributed by atoms with van der Waals surface area (Å²) in [7, 11) is 2.78. The molecule has 0 radical (unpaired) electrons. The molecule has 0 saturated carbocycles. The number of amides is 1. The lowest BCUT2D eigenvalue weighted by Gasteiger charge is -2.33. The molecule has 1 aromatic heterocycles. The predicted octanol–water partition coefficient (Wildman–Crippen LogP) is 3.34. The van der Waals surface area contributed by atoms with Crippen LogP contribution >= 0.6 is 11.6 Å². The van der Waals surface area contributed by atoms with Crippen molar-refractivity contribution in [2.45, 2.75) is 18.9 Å². The van der Waals surface area contributed by atoms with Gasteiger partial charge in [-0.1, -0.05) is 11.6 Å². The Morgan fingerprint density at radius 2 is 2.00 bits per heavy atom. The molecular weight excluding hydrogens is 402 g/mol. The van der Waals surface area contributed by atoms with Crippen LogP contribution in [0.4, 0.5) is 5.69 Å². The van der Waals surface area contributed by atoms with Crippen LogP contribution in [-0.2, 0) is 0 Å². The third-order valence-corrected chi connectivity index (χ3v) is 4.91. The maximum absolute atomic E-state index is 13.1. The number of piperidine rings is 1. The van der Waals surface area contributed by atoms with Crippen LogP contribution in [0.25, 0.3) is 0 Å². The summed E-state index contributed by atoms with van der Waals surface area (Å²) in [6.07, 6.45) is 4.19. The van der Waals surface area contributed by atoms with Gasteiger partial charge in [0.1, 0.15) is 22.4 Å². The molecule has 0 spiro atoms. The van der Waals surface area contributed by atoms with Crippen LogP contribution in [0.5, 0.6) is 17.2 Å². The predicted molar refractivity (Wildman–Crippen MR) is 105 cm³/mol. The van der Waals surface area contributed by atoms with Crippen molar-refractivity contribution in [3.05, 3.63) is 51.3 Å². The third kappa shape index (κ3) is 4.51. The lowest BCUT2D eigenvalue weighted by molar-refractivity contribution is -0.385. The van der Waals surface area contributed by atoms with Gasteiger partial charge in [-0.2, -0.15) is 0 Å². The van der Waals surface area contributed by atoms with Crippen LogP contribution in [0.15, 0.2) is 30.6 Å². The van der Waals surface area contributed by atoms with E-state index in [0.29, 0.717) is 23.7 Å². The number of carbonyl (C=O) groups is 1. The van der Waals surface area contributed by atoms with Gasteiger partial charge in [0.25, 0.3) is 11.6 Å². The second kappa shape index (κ2) is 8.95. The zero-order chi connectivity index (χ0) is 21.0. The number of carbonyl (C=O) groups excluding carboxylic acids is 1. The molecule has 3 rings (SSSR count). The summed E-state index contributed by atoms with van der Waals surface area (Å²) in [5, 5.41) is 11.9. The molecule has 0 bridgehead atoms. The molecular formula is C19H20ClN3O6. The fourth-order valence-corrected chi connectivity index (χ4v) is 3.38. The van der Waals surface area contributed by atoms with Gasteiger partial charge in [0.2, 0.25) is 0 Å². The maximum atomic E-state index is 13.1. The van der Waals surface area contributed by atoms with Gasteiger partial charge in [-0.05, 0) is 12.8 Å². The lowest BCUT2D eigenvalue weighted by atomic mass is 10.0. The van der Waals surface area contributed by atoms with Crippen LogP contribution in [0.1, 0.15) is 23.2 Å². The first-order valence-corrected chi connectivity index (χ1v) is 9.28. The van der Waals surface area contributed by atoms with Crippen molar-refractivity contribution >= 4 is 23.2 Å². The molecule has 1 aromatic carbocycles. The smallest absolute Gasteiger partial charge is 0.286 e. The SMILES string of the molecule is COc1cc(C(=O)N2CCCC(Oc3ccncc3Cl)C2)c([N+](=O)[O-])cc1OC. The monoisotopic (exact) mass is 421 g/mol. The van der Waals surface area contributed by atoms with Gasteiger partial charge in [-0.3, -0.25) is 19.9 Å². The molecule has 1 unspecified atom stereocenters. The fraction of sp³-hybridized carbons (Fsp3) is 0.368. The number of aromatic nitrogens is 1. The molecule has 29 heavy (non-hydrogen) atoms. The number of nitro groups is 1. The van der Waals surface area contributed by atoms with Crippen molar-refractivity contribution in [2.24, 2.45) is 0 Å². The highest BCUT2D eigenvalue weighted by atomic mass is 35.5. The largest absolute Gasteiger partial charge is 0.493 e. The summed E-state index contributed by atoms with van der Waals surface area (Å²) in [5.41, 5.74) is -0.400. The van der Waals surface area contributed by atoms with Crippen molar-refractivity contribution in [1.29, 1.82) is 0 Å². The van der Waals surface area contributed by atoms with Crippen molar-refractivity contribution in [1.82, 2.24) is 9.88 Å². The first kappa shape index (κ1) is 20.7. The molecule has 0 aliphatic carbocycles. The van der Waals surface area contributed by atoms with E-state index in [0.717, 1.165) is 6.42 Å². The number of likely N-dealkylation sites (tertiary alicyclic amines) is 1. The molecule has 154 valence electrons. The van der Waals surface area contributed by atoms with E-state index in [1.807, 2.05) is 0 Å². The van der Waals surface area contributed by atoms with E-state index in [4.69, 9.17) is 25.8 Å². The van der Waals surface area contributed by atoms with E-state index in [1.165, 1.54) is 37.4 Å². The van der Waals surface area contributed by atoms with E-state index in [2.05, 4.69) is 4.98 Å². The maximum Gasteiger partial charge on any atom is 0.286 e. The normalized spacial score (nSPS) is 16.2. The highest BCUT2D eigenvalue weighted by molar-refractivity contribution is 6.31. The van der Waals surface area contributed by atoms with Crippen LogP contribution in [-0.4, -0.2) is 54.1 Å². The average molecular weight is 422 g/mol. The average Bonchev–Trinajstić information content (AvgIpc) is 2.74. The Hall–Kier alpha value is -3.07. The van der Waals surface area contributed by atoms with Crippen LogP contribution in [0.3, 0.4) is 0 Å². The summed E-state index contributed by atoms with van der Waals surface area (Å²) < 4.78 is 16.2. The fourth-order valence-electron chi connectivity index (χ4n) is 3.22. The molecule has 0 N–H and O–H groups in total. The Bertz CT molecular complexity index is 923. The van der Waals surface area contributed by atoms with E-state index >= 15 is 0 Å². The second-order valence-electron chi connectivity index (χ2n) is 6.42. The molecule has 2 aromatic rings. The van der Waals surface area contributed by atoms with Crippen LogP contribution in [0, 0.1) is 10.1 Å². The molecule has 1 fully saturated rings. The number of nitrogens with zero attached hydrogens (tertiary/aromatic N) is 3. The van der Waals surface area contributed by atoms with Gasteiger partial charge < -0.3 is 19.1 Å². The number of ether oxygens (including phenoxy) is 3. The number of nitro benzene ring substituents is 1. The van der Waals surface area contributed by atoms with Gasteiger partial charge in [0, 0.05) is 31.1 Å². The second-order valence-corrected chi connectivity index (χ2v) is 6.83. The number of benzene rings is 1. The number of hydrogen-bond acceptors (Lipinski definition) is 7. The number of hydrogen-bond donors (Lipinski definition) is 0. The van der Waals surface area contributed by atoms with Crippen LogP contribution in [0.2, 0.25) is 5.02 Å². The molecule has 1 aliphatic rings. The van der Waals surface area contributed by atoms with E-state index in [1.54, 1.807) is 12.3 Å². The molecule has 1 atom stereocenters. The zero-order valence-corrected chi connectivity index (χ0v) is 16.7. The van der Waals surface area contributed by atoms with Gasteiger partial charge in [-0.15, -0.1) is 0 Å². The first-order chi connectivity index (χ1) is 13.9. The van der Waals surface area contributed by atoms with Gasteiger partial charge in [0.15, 0.2) is 11.5 Å². The Kier molecular flexibility index (Phi) is 6.38. The van der Waals surface area contributed by atoms with E-state index in [9.17, 15) is 14.9 Å². The van der Waals surface area contributed by atoms with E-state index in [-0.39, 0.29) is 35.4 Å². The number of rotatable bonds is 6. The van der Waals surface area contributed by atoms with E-state index < -0.39 is 10.8 Å². The summed E-state index contributed by atoms with van der Waals surface area (Å²) >= 11 is 6.09. The molecule has 2 heterocycles. The van der Waals surface area contributed by atoms with Gasteiger partial charge in [0.05, 0.1) is 31.8 Å². The minimum Gasteiger partial charge on any atom is -0.493 e. The highest BCUT2D eigenvalue weighted by Gasteiger charge is 2.31. The van der Waals surface area contributed by atoms with Gasteiger partial charge in [-0.25, -0.2) is 0 Å². The van der Waals surface area contributed by atoms with Crippen LogP contribution < -0.4 is 14.2 Å². The molecule has 1 saturated heterocycles. The molecule has 9 nitrogen and oxygen atoms in total. The Morgan fingerprint density at radius 3 is 2.66 bits per heavy atom. The summed E-state index contributed by atoms with van der Waals surface area (Å²) in [6, 6.07) is 4.19. The van der Waals surface area contributed by atoms with Crippen molar-refractivity contribution in [2.75, 3.05) is 27.3 Å². The first-order valence-electron chi connectivity index (χ1n) is 8.90. The summed E-state index contributed by atoms with van der Waals surface area (Å²) in [6.45, 7) is 0.747. The Labute approximate surface area is 172 Å². The molecule has 1 aliphatic heterocycles. The summed E-state index contributed by atoms with van der Waals surface area (Å²) in [4.78, 5) is 29.5. The number of halogens is 1. The summed E-state index contributed by atoms with van der Waals surface area (Å²) in [5.74, 6) is 0.447. The zero-order valence-electron chi connectivity index (χ0n) is 16.0. The third-order valence-electron chi connectivity index (χ3n) is 4.62. The topological polar surface area (TPSA) is 104 Å². The Balaban J connectivity index is 1.84. The number of methoxy groups -OCH3 is 2. The van der Waals surface area contributed by atoms with Crippen molar-refractivity contribution in [3.63, 3.8) is 0 Å². The highest BCUT2D eigenvalue weighted by Crippen LogP contribution is 2.35. The minimum atomic E-state index is -0.607. The number of pyridine rings is 1. The quantitative estimate of drug-likeness (QED) is 0.520. The van der Waals surface area contributed by atoms with Crippen molar-refractivity contribution in [3.8, 4) is 17.2 Å². The Morgan fingerprint density at radius 1 is 1.28 bits per heavy atom. The minimum absolute atomic E-state index is 0.0600.